The summed E-state index contributed by atoms with van der Waals surface area (Å²) < 4.78 is 0. The van der Waals surface area contributed by atoms with Crippen LogP contribution in [0.3, 0.4) is 0 Å². The number of nitrogens with zero attached hydrogens (tertiary/aromatic N) is 3. The molecule has 104 valence electrons. The maximum Gasteiger partial charge on any atom is 0.276 e. The Bertz CT molecular complexity index is 477. The van der Waals surface area contributed by atoms with E-state index >= 15 is 0 Å². The first kappa shape index (κ1) is 14.7. The second-order valence-electron chi connectivity index (χ2n) is 4.08. The van der Waals surface area contributed by atoms with Crippen LogP contribution in [0.1, 0.15) is 13.3 Å². The summed E-state index contributed by atoms with van der Waals surface area (Å²) in [5.74, 6) is 0.202. The van der Waals surface area contributed by atoms with Crippen molar-refractivity contribution >= 4 is 23.2 Å². The number of amides is 1. The van der Waals surface area contributed by atoms with Gasteiger partial charge in [-0.1, -0.05) is 6.92 Å². The molecule has 0 aromatic carbocycles. The average Bonchev–Trinajstić information content (AvgIpc) is 2.35. The maximum atomic E-state index is 10.9. The number of nitrogens with two attached hydrogens (primary N) is 1. The Kier molecular flexibility index (Phi) is 5.04. The molecule has 0 fully saturated rings. The molecule has 0 aliphatic rings. The SMILES string of the molecule is CCCNc1cc([N+](=O)[O-])cc(N(C)CC(N)=O)n1. The van der Waals surface area contributed by atoms with Crippen LogP contribution in [0.5, 0.6) is 0 Å². The van der Waals surface area contributed by atoms with Crippen molar-refractivity contribution in [3.8, 4) is 0 Å². The fourth-order valence-electron chi connectivity index (χ4n) is 1.46. The first-order chi connectivity index (χ1) is 8.93. The molecule has 19 heavy (non-hydrogen) atoms. The summed E-state index contributed by atoms with van der Waals surface area (Å²) in [6, 6.07) is 2.66. The lowest BCUT2D eigenvalue weighted by molar-refractivity contribution is -0.384. The average molecular weight is 267 g/mol. The minimum Gasteiger partial charge on any atom is -0.370 e. The lowest BCUT2D eigenvalue weighted by atomic mass is 10.3. The van der Waals surface area contributed by atoms with Gasteiger partial charge in [-0.3, -0.25) is 14.9 Å². The van der Waals surface area contributed by atoms with Crippen LogP contribution < -0.4 is 16.0 Å². The summed E-state index contributed by atoms with van der Waals surface area (Å²) in [7, 11) is 1.60. The number of rotatable bonds is 7. The molecule has 1 heterocycles. The van der Waals surface area contributed by atoms with Crippen molar-refractivity contribution in [2.45, 2.75) is 13.3 Å². The maximum absolute atomic E-state index is 10.9. The zero-order valence-corrected chi connectivity index (χ0v) is 10.9. The second-order valence-corrected chi connectivity index (χ2v) is 4.08. The summed E-state index contributed by atoms with van der Waals surface area (Å²) in [6.07, 6.45) is 0.872. The number of nitrogens with one attached hydrogen (secondary N) is 1. The highest BCUT2D eigenvalue weighted by atomic mass is 16.6. The van der Waals surface area contributed by atoms with E-state index in [4.69, 9.17) is 5.73 Å². The minimum absolute atomic E-state index is 0.0542. The molecule has 0 aliphatic carbocycles. The molecule has 0 atom stereocenters. The van der Waals surface area contributed by atoms with E-state index in [0.717, 1.165) is 6.42 Å². The molecule has 0 saturated carbocycles. The van der Waals surface area contributed by atoms with Gasteiger partial charge >= 0.3 is 0 Å². The molecule has 8 nitrogen and oxygen atoms in total. The van der Waals surface area contributed by atoms with Crippen LogP contribution in [-0.2, 0) is 4.79 Å². The van der Waals surface area contributed by atoms with Gasteiger partial charge in [-0.25, -0.2) is 4.98 Å². The van der Waals surface area contributed by atoms with E-state index in [2.05, 4.69) is 10.3 Å². The molecule has 0 aliphatic heterocycles. The van der Waals surface area contributed by atoms with Gasteiger partial charge in [0, 0.05) is 13.6 Å². The molecule has 3 N–H and O–H groups in total. The van der Waals surface area contributed by atoms with Crippen LogP contribution in [0, 0.1) is 10.1 Å². The fourth-order valence-corrected chi connectivity index (χ4v) is 1.46. The van der Waals surface area contributed by atoms with Crippen molar-refractivity contribution in [1.29, 1.82) is 0 Å². The van der Waals surface area contributed by atoms with Gasteiger partial charge in [-0.05, 0) is 6.42 Å². The van der Waals surface area contributed by atoms with Crippen LogP contribution in [0.4, 0.5) is 17.3 Å². The van der Waals surface area contributed by atoms with Crippen molar-refractivity contribution in [2.75, 3.05) is 30.4 Å². The lowest BCUT2D eigenvalue weighted by Gasteiger charge is -2.17. The van der Waals surface area contributed by atoms with Gasteiger partial charge < -0.3 is 16.0 Å². The van der Waals surface area contributed by atoms with Crippen molar-refractivity contribution in [3.05, 3.63) is 22.2 Å². The van der Waals surface area contributed by atoms with Crippen molar-refractivity contribution in [3.63, 3.8) is 0 Å². The highest BCUT2D eigenvalue weighted by molar-refractivity contribution is 5.79. The minimum atomic E-state index is -0.529. The van der Waals surface area contributed by atoms with Crippen LogP contribution in [0.25, 0.3) is 0 Å². The number of carbonyl (C=O) groups excluding carboxylic acids is 1. The smallest absolute Gasteiger partial charge is 0.276 e. The summed E-state index contributed by atoms with van der Waals surface area (Å²) in [5.41, 5.74) is 5.01. The number of hydrogen-bond donors (Lipinski definition) is 2. The number of primary amides is 1. The molecule has 1 amide bonds. The molecule has 1 rings (SSSR count). The Morgan fingerprint density at radius 3 is 2.79 bits per heavy atom. The Morgan fingerprint density at radius 1 is 1.58 bits per heavy atom. The Balaban J connectivity index is 3.04. The Labute approximate surface area is 110 Å². The van der Waals surface area contributed by atoms with Gasteiger partial charge in [0.2, 0.25) is 5.91 Å². The summed E-state index contributed by atoms with van der Waals surface area (Å²) in [5, 5.41) is 13.8. The van der Waals surface area contributed by atoms with Gasteiger partial charge in [0.25, 0.3) is 5.69 Å². The van der Waals surface area contributed by atoms with Crippen molar-refractivity contribution < 1.29 is 9.72 Å². The third-order valence-corrected chi connectivity index (χ3v) is 2.35. The molecular weight excluding hydrogens is 250 g/mol. The quantitative estimate of drug-likeness (QED) is 0.556. The summed E-state index contributed by atoms with van der Waals surface area (Å²) in [4.78, 5) is 26.9. The number of anilines is 2. The van der Waals surface area contributed by atoms with Gasteiger partial charge in [-0.15, -0.1) is 0 Å². The number of pyridine rings is 1. The van der Waals surface area contributed by atoms with E-state index in [9.17, 15) is 14.9 Å². The topological polar surface area (TPSA) is 114 Å². The summed E-state index contributed by atoms with van der Waals surface area (Å²) in [6.45, 7) is 2.58. The van der Waals surface area contributed by atoms with E-state index in [-0.39, 0.29) is 12.2 Å². The van der Waals surface area contributed by atoms with E-state index < -0.39 is 10.8 Å². The van der Waals surface area contributed by atoms with E-state index in [1.807, 2.05) is 6.92 Å². The lowest BCUT2D eigenvalue weighted by Crippen LogP contribution is -2.31. The standard InChI is InChI=1S/C11H17N5O3/c1-3-4-13-10-5-8(16(18)19)6-11(14-10)15(2)7-9(12)17/h5-6H,3-4,7H2,1-2H3,(H2,12,17)(H,13,14). The fraction of sp³-hybridized carbons (Fsp3) is 0.455. The molecule has 0 unspecified atom stereocenters. The third kappa shape index (κ3) is 4.41. The Morgan fingerprint density at radius 2 is 2.26 bits per heavy atom. The molecule has 8 heteroatoms. The monoisotopic (exact) mass is 267 g/mol. The first-order valence-corrected chi connectivity index (χ1v) is 5.83. The molecule has 0 bridgehead atoms. The Hall–Kier alpha value is -2.38. The van der Waals surface area contributed by atoms with Gasteiger partial charge in [-0.2, -0.15) is 0 Å². The predicted octanol–water partition coefficient (Wildman–Crippen LogP) is 0.733. The molecular formula is C11H17N5O3. The van der Waals surface area contributed by atoms with Crippen LogP contribution in [-0.4, -0.2) is 36.0 Å². The van der Waals surface area contributed by atoms with E-state index in [1.165, 1.54) is 17.0 Å². The largest absolute Gasteiger partial charge is 0.370 e. The normalized spacial score (nSPS) is 10.0. The van der Waals surface area contributed by atoms with E-state index in [0.29, 0.717) is 18.2 Å². The van der Waals surface area contributed by atoms with E-state index in [1.54, 1.807) is 7.05 Å². The molecule has 0 spiro atoms. The van der Waals surface area contributed by atoms with Crippen molar-refractivity contribution in [2.24, 2.45) is 5.73 Å². The number of aromatic nitrogens is 1. The molecule has 0 radical (unpaired) electrons. The van der Waals surface area contributed by atoms with Gasteiger partial charge in [0.1, 0.15) is 11.6 Å². The first-order valence-electron chi connectivity index (χ1n) is 5.83. The van der Waals surface area contributed by atoms with Crippen molar-refractivity contribution in [1.82, 2.24) is 4.98 Å². The highest BCUT2D eigenvalue weighted by Gasteiger charge is 2.14. The van der Waals surface area contributed by atoms with Crippen LogP contribution >= 0.6 is 0 Å². The number of likely N-dealkylation sites (N-methyl/N-ethyl adjacent to an activating group) is 1. The second kappa shape index (κ2) is 6.53. The zero-order chi connectivity index (χ0) is 14.4. The van der Waals surface area contributed by atoms with Gasteiger partial charge in [0.15, 0.2) is 0 Å². The zero-order valence-electron chi connectivity index (χ0n) is 10.9. The molecule has 0 saturated heterocycles. The van der Waals surface area contributed by atoms with Crippen LogP contribution in [0.2, 0.25) is 0 Å². The molecule has 1 aromatic rings. The third-order valence-electron chi connectivity index (χ3n) is 2.35. The summed E-state index contributed by atoms with van der Waals surface area (Å²) >= 11 is 0. The van der Waals surface area contributed by atoms with Gasteiger partial charge in [0.05, 0.1) is 23.6 Å². The number of nitro groups is 1. The molecule has 1 aromatic heterocycles. The number of carbonyl (C=O) groups is 1. The highest BCUT2D eigenvalue weighted by Crippen LogP contribution is 2.22. The number of hydrogen-bond acceptors (Lipinski definition) is 6. The predicted molar refractivity (Wildman–Crippen MR) is 72.1 cm³/mol. The van der Waals surface area contributed by atoms with Crippen LogP contribution in [0.15, 0.2) is 12.1 Å².